The minimum absolute atomic E-state index is 0.00625. The molecule has 2 N–H and O–H groups in total. The van der Waals surface area contributed by atoms with Crippen molar-refractivity contribution in [2.24, 2.45) is 0 Å². The summed E-state index contributed by atoms with van der Waals surface area (Å²) in [6.07, 6.45) is 6.99. The van der Waals surface area contributed by atoms with Crippen LogP contribution in [-0.4, -0.2) is 101 Å². The number of sulfonamides is 1. The molecule has 4 aromatic carbocycles. The predicted octanol–water partition coefficient (Wildman–Crippen LogP) is 9.74. The lowest BCUT2D eigenvalue weighted by atomic mass is 9.87. The quantitative estimate of drug-likeness (QED) is 0.105. The number of likely N-dealkylation sites (tertiary alicyclic amines) is 1. The maximum absolute atomic E-state index is 14.2. The molecule has 2 aliphatic heterocycles. The van der Waals surface area contributed by atoms with Gasteiger partial charge < -0.3 is 10.2 Å². The second kappa shape index (κ2) is 20.6. The number of anilines is 2. The third kappa shape index (κ3) is 11.7. The van der Waals surface area contributed by atoms with Crippen molar-refractivity contribution in [3.63, 3.8) is 0 Å². The molecule has 64 heavy (non-hydrogen) atoms. The first-order valence-electron chi connectivity index (χ1n) is 21.8. The summed E-state index contributed by atoms with van der Waals surface area (Å²) in [6.45, 7) is 8.95. The zero-order valence-electron chi connectivity index (χ0n) is 36.0. The smallest absolute Gasteiger partial charge is 0.380 e. The number of benzene rings is 4. The van der Waals surface area contributed by atoms with Crippen LogP contribution in [0.25, 0.3) is 5.57 Å². The molecule has 2 heterocycles. The number of alkyl halides is 3. The first-order chi connectivity index (χ1) is 30.5. The summed E-state index contributed by atoms with van der Waals surface area (Å²) in [6, 6.07) is 26.6. The first kappa shape index (κ1) is 47.9. The van der Waals surface area contributed by atoms with Crippen LogP contribution in [0.3, 0.4) is 0 Å². The molecule has 2 saturated heterocycles. The third-order valence-corrected chi connectivity index (χ3v) is 16.8. The summed E-state index contributed by atoms with van der Waals surface area (Å²) in [4.78, 5) is 19.2. The van der Waals surface area contributed by atoms with Crippen molar-refractivity contribution in [1.82, 2.24) is 14.5 Å². The minimum Gasteiger partial charge on any atom is -0.380 e. The van der Waals surface area contributed by atoms with Gasteiger partial charge in [-0.3, -0.25) is 14.6 Å². The number of hydrogen-bond acceptors (Lipinski definition) is 10. The van der Waals surface area contributed by atoms with Gasteiger partial charge in [0.1, 0.15) is 4.90 Å². The molecule has 2 fully saturated rings. The Morgan fingerprint density at radius 3 is 2.16 bits per heavy atom. The molecule has 1 aliphatic carbocycles. The highest BCUT2D eigenvalue weighted by Crippen LogP contribution is 2.38. The Morgan fingerprint density at radius 2 is 1.50 bits per heavy atom. The van der Waals surface area contributed by atoms with Crippen LogP contribution in [0, 0.1) is 0 Å². The van der Waals surface area contributed by atoms with E-state index in [4.69, 9.17) is 11.6 Å². The number of nitrogens with zero attached hydrogens (tertiary/aromatic N) is 3. The number of carbonyl (C=O) groups excluding carboxylic acids is 1. The van der Waals surface area contributed by atoms with E-state index >= 15 is 0 Å². The number of nitrogens with one attached hydrogen (secondary N) is 2. The number of hydrogen-bond donors (Lipinski definition) is 2. The van der Waals surface area contributed by atoms with Gasteiger partial charge in [-0.1, -0.05) is 47.5 Å². The summed E-state index contributed by atoms with van der Waals surface area (Å²) in [5.41, 5.74) is -1.15. The van der Waals surface area contributed by atoms with Crippen molar-refractivity contribution in [2.45, 2.75) is 97.1 Å². The van der Waals surface area contributed by atoms with E-state index in [0.29, 0.717) is 36.9 Å². The molecule has 0 unspecified atom stereocenters. The summed E-state index contributed by atoms with van der Waals surface area (Å²) in [7, 11) is -10.9. The van der Waals surface area contributed by atoms with E-state index in [-0.39, 0.29) is 11.3 Å². The van der Waals surface area contributed by atoms with Crippen molar-refractivity contribution in [2.75, 3.05) is 55.2 Å². The van der Waals surface area contributed by atoms with Crippen molar-refractivity contribution in [1.29, 1.82) is 0 Å². The molecule has 0 spiro atoms. The van der Waals surface area contributed by atoms with Crippen LogP contribution in [0.2, 0.25) is 5.02 Å². The molecule has 4 aromatic rings. The van der Waals surface area contributed by atoms with Gasteiger partial charge in [-0.05, 0) is 137 Å². The fraction of sp³-hybridized carbons (Fsp3) is 0.426. The van der Waals surface area contributed by atoms with Gasteiger partial charge in [0.2, 0.25) is 0 Å². The highest BCUT2D eigenvalue weighted by Gasteiger charge is 2.48. The Bertz CT molecular complexity index is 2490. The van der Waals surface area contributed by atoms with Crippen molar-refractivity contribution >= 4 is 66.1 Å². The van der Waals surface area contributed by atoms with Crippen molar-refractivity contribution in [3.05, 3.63) is 119 Å². The summed E-state index contributed by atoms with van der Waals surface area (Å²) in [5, 5.41) is 3.76. The maximum Gasteiger partial charge on any atom is 0.501 e. The first-order valence-corrected chi connectivity index (χ1v) is 26.1. The van der Waals surface area contributed by atoms with Crippen LogP contribution in [0.1, 0.15) is 74.7 Å². The van der Waals surface area contributed by atoms with E-state index in [1.165, 1.54) is 53.4 Å². The lowest BCUT2D eigenvalue weighted by molar-refractivity contribution is -0.0435. The number of carbonyl (C=O) groups is 1. The fourth-order valence-electron chi connectivity index (χ4n) is 8.90. The molecule has 0 radical (unpaired) electrons. The second-order valence-corrected chi connectivity index (χ2v) is 22.0. The number of sulfone groups is 1. The molecule has 344 valence electrons. The molecule has 0 bridgehead atoms. The molecule has 0 aromatic heterocycles. The van der Waals surface area contributed by atoms with Crippen LogP contribution in [0.15, 0.2) is 117 Å². The summed E-state index contributed by atoms with van der Waals surface area (Å²) < 4.78 is 97.9. The van der Waals surface area contributed by atoms with Crippen LogP contribution in [0.5, 0.6) is 0 Å². The average Bonchev–Trinajstić information content (AvgIpc) is 3.60. The highest BCUT2D eigenvalue weighted by atomic mass is 35.5. The fourth-order valence-corrected chi connectivity index (χ4v) is 12.0. The molecule has 3 atom stereocenters. The Hall–Kier alpha value is -4.06. The largest absolute Gasteiger partial charge is 0.501 e. The predicted molar refractivity (Wildman–Crippen MR) is 250 cm³/mol. The van der Waals surface area contributed by atoms with Crippen molar-refractivity contribution in [3.8, 4) is 0 Å². The Kier molecular flexibility index (Phi) is 15.4. The Balaban J connectivity index is 1.02. The molecule has 10 nitrogen and oxygen atoms in total. The zero-order valence-corrected chi connectivity index (χ0v) is 39.2. The molecule has 1 amide bonds. The van der Waals surface area contributed by atoms with Gasteiger partial charge in [-0.2, -0.15) is 13.2 Å². The van der Waals surface area contributed by atoms with Gasteiger partial charge in [0.15, 0.2) is 0 Å². The van der Waals surface area contributed by atoms with Gasteiger partial charge in [0, 0.05) is 84.3 Å². The maximum atomic E-state index is 14.2. The number of halogens is 4. The van der Waals surface area contributed by atoms with Gasteiger partial charge >= 0.3 is 5.51 Å². The standard InChI is InChI=1S/C47H55ClF3N5O5S3/c1-33-12-13-34(2)56(33)25-24-39(32-62-41-9-4-3-5-10-41)52-44-23-22-42(30-45(44)63(58,59)47(49,50)51)64(60,61)53-46(57)36-16-20-40(21-17-36)55-28-26-54(27-29-55)31-37-8-6-7-11-43(37)35-14-18-38(48)19-15-35/h3-5,9-10,14-23,30,33-34,39,52H,6-8,11-13,24-29,31-32H2,1-2H3,(H,53,57)/t33-,34+,39-/m1/s1. The number of amides is 1. The van der Waals surface area contributed by atoms with E-state index in [1.807, 2.05) is 47.2 Å². The summed E-state index contributed by atoms with van der Waals surface area (Å²) in [5.74, 6) is -0.623. The molecule has 3 aliphatic rings. The molecular formula is C47H55ClF3N5O5S3. The number of thioether (sulfide) groups is 1. The number of piperazine rings is 1. The lowest BCUT2D eigenvalue weighted by Gasteiger charge is -2.37. The third-order valence-electron chi connectivity index (χ3n) is 12.6. The van der Waals surface area contributed by atoms with Gasteiger partial charge in [0.25, 0.3) is 25.8 Å². The number of rotatable bonds is 16. The normalized spacial score (nSPS) is 19.8. The topological polar surface area (TPSA) is 119 Å². The van der Waals surface area contributed by atoms with Crippen LogP contribution < -0.4 is 14.9 Å². The lowest BCUT2D eigenvalue weighted by Crippen LogP contribution is -2.47. The molecule has 7 rings (SSSR count). The van der Waals surface area contributed by atoms with E-state index in [0.717, 1.165) is 86.1 Å². The second-order valence-electron chi connectivity index (χ2n) is 16.9. The summed E-state index contributed by atoms with van der Waals surface area (Å²) >= 11 is 7.62. The monoisotopic (exact) mass is 957 g/mol. The van der Waals surface area contributed by atoms with Gasteiger partial charge in [-0.25, -0.2) is 21.6 Å². The van der Waals surface area contributed by atoms with Crippen LogP contribution in [-0.2, 0) is 19.9 Å². The van der Waals surface area contributed by atoms with E-state index in [9.17, 15) is 34.8 Å². The van der Waals surface area contributed by atoms with Gasteiger partial charge in [-0.15, -0.1) is 11.8 Å². The van der Waals surface area contributed by atoms with E-state index in [2.05, 4.69) is 46.0 Å². The Labute approximate surface area is 384 Å². The van der Waals surface area contributed by atoms with Crippen LogP contribution >= 0.6 is 23.4 Å². The van der Waals surface area contributed by atoms with E-state index in [1.54, 1.807) is 12.1 Å². The van der Waals surface area contributed by atoms with Gasteiger partial charge in [0.05, 0.1) is 10.6 Å². The van der Waals surface area contributed by atoms with E-state index < -0.39 is 47.1 Å². The molecular weight excluding hydrogens is 903 g/mol. The van der Waals surface area contributed by atoms with Crippen molar-refractivity contribution < 1.29 is 34.8 Å². The SMILES string of the molecule is C[C@@H]1CC[C@H](C)N1CC[C@H](CSc1ccccc1)Nc1ccc(S(=O)(=O)NC(=O)c2ccc(N3CCN(CC4=C(c5ccc(Cl)cc5)CCCC4)CC3)cc2)cc1S(=O)(=O)C(F)(F)F. The highest BCUT2D eigenvalue weighted by molar-refractivity contribution is 7.99. The minimum atomic E-state index is -6.04. The Morgan fingerprint density at radius 1 is 0.844 bits per heavy atom. The molecule has 17 heteroatoms. The zero-order chi connectivity index (χ0) is 45.6. The number of allylic oxidation sites excluding steroid dienone is 1. The van der Waals surface area contributed by atoms with Crippen LogP contribution in [0.4, 0.5) is 24.5 Å². The average molecular weight is 959 g/mol. The molecule has 0 saturated carbocycles.